The van der Waals surface area contributed by atoms with Gasteiger partial charge in [0.15, 0.2) is 9.84 Å². The molecule has 0 atom stereocenters. The molecule has 5 nitrogen and oxygen atoms in total. The van der Waals surface area contributed by atoms with Crippen LogP contribution in [0, 0.1) is 0 Å². The Morgan fingerprint density at radius 2 is 1.70 bits per heavy atom. The quantitative estimate of drug-likeness (QED) is 0.537. The molecule has 2 heterocycles. The SMILES string of the molecule is COc1cccc(-c2nn3ccccc3c2-c2ccc(S(C)(=O)=O)cc2)c1. The summed E-state index contributed by atoms with van der Waals surface area (Å²) < 4.78 is 30.7. The number of sulfone groups is 1. The van der Waals surface area contributed by atoms with E-state index in [0.717, 1.165) is 33.7 Å². The van der Waals surface area contributed by atoms with E-state index < -0.39 is 9.84 Å². The van der Waals surface area contributed by atoms with Crippen molar-refractivity contribution in [3.05, 3.63) is 72.9 Å². The fourth-order valence-corrected chi connectivity index (χ4v) is 3.76. The summed E-state index contributed by atoms with van der Waals surface area (Å²) >= 11 is 0. The summed E-state index contributed by atoms with van der Waals surface area (Å²) in [5.41, 5.74) is 4.54. The average molecular weight is 378 g/mol. The molecule has 0 bridgehead atoms. The monoisotopic (exact) mass is 378 g/mol. The largest absolute Gasteiger partial charge is 0.497 e. The normalized spacial score (nSPS) is 11.6. The number of fused-ring (bicyclic) bond motifs is 1. The first-order valence-corrected chi connectivity index (χ1v) is 10.3. The maximum atomic E-state index is 11.8. The second-order valence-electron chi connectivity index (χ2n) is 6.28. The van der Waals surface area contributed by atoms with Crippen molar-refractivity contribution >= 4 is 15.4 Å². The Hall–Kier alpha value is -3.12. The van der Waals surface area contributed by atoms with Crippen LogP contribution in [0.25, 0.3) is 27.9 Å². The number of nitrogens with zero attached hydrogens (tertiary/aromatic N) is 2. The first-order chi connectivity index (χ1) is 13.0. The first-order valence-electron chi connectivity index (χ1n) is 8.39. The molecule has 2 aromatic heterocycles. The van der Waals surface area contributed by atoms with Gasteiger partial charge in [0.05, 0.1) is 17.5 Å². The van der Waals surface area contributed by atoms with Gasteiger partial charge in [-0.3, -0.25) is 0 Å². The molecule has 0 aliphatic heterocycles. The molecule has 0 aliphatic rings. The molecule has 136 valence electrons. The van der Waals surface area contributed by atoms with Gasteiger partial charge in [-0.2, -0.15) is 5.10 Å². The minimum atomic E-state index is -3.24. The highest BCUT2D eigenvalue weighted by atomic mass is 32.2. The van der Waals surface area contributed by atoms with E-state index in [2.05, 4.69) is 0 Å². The summed E-state index contributed by atoms with van der Waals surface area (Å²) in [6, 6.07) is 20.5. The molecule has 0 amide bonds. The van der Waals surface area contributed by atoms with Gasteiger partial charge in [-0.1, -0.05) is 30.3 Å². The van der Waals surface area contributed by atoms with Crippen molar-refractivity contribution < 1.29 is 13.2 Å². The molecule has 4 rings (SSSR count). The molecular weight excluding hydrogens is 360 g/mol. The Bertz CT molecular complexity index is 1230. The van der Waals surface area contributed by atoms with Gasteiger partial charge in [0.1, 0.15) is 11.4 Å². The van der Waals surface area contributed by atoms with Gasteiger partial charge in [-0.15, -0.1) is 0 Å². The Kier molecular flexibility index (Phi) is 4.20. The number of aromatic nitrogens is 2. The number of methoxy groups -OCH3 is 1. The Balaban J connectivity index is 1.96. The molecule has 0 unspecified atom stereocenters. The molecule has 0 saturated carbocycles. The molecule has 0 spiro atoms. The van der Waals surface area contributed by atoms with Crippen LogP contribution in [0.3, 0.4) is 0 Å². The number of hydrogen-bond donors (Lipinski definition) is 0. The maximum absolute atomic E-state index is 11.8. The summed E-state index contributed by atoms with van der Waals surface area (Å²) in [5, 5.41) is 4.75. The predicted octanol–water partition coefficient (Wildman–Crippen LogP) is 4.08. The number of pyridine rings is 1. The zero-order chi connectivity index (χ0) is 19.0. The standard InChI is InChI=1S/C21H18N2O3S/c1-26-17-7-5-6-16(14-17)21-20(19-8-3-4-13-23(19)22-21)15-9-11-18(12-10-15)27(2,24)25/h3-14H,1-2H3. The smallest absolute Gasteiger partial charge is 0.175 e. The molecule has 0 fully saturated rings. The molecule has 0 N–H and O–H groups in total. The van der Waals surface area contributed by atoms with Crippen molar-refractivity contribution in [3.63, 3.8) is 0 Å². The molecule has 0 radical (unpaired) electrons. The lowest BCUT2D eigenvalue weighted by molar-refractivity contribution is 0.415. The van der Waals surface area contributed by atoms with E-state index in [9.17, 15) is 8.42 Å². The van der Waals surface area contributed by atoms with Gasteiger partial charge in [-0.25, -0.2) is 12.9 Å². The third kappa shape index (κ3) is 3.19. The second kappa shape index (κ2) is 6.55. The zero-order valence-corrected chi connectivity index (χ0v) is 15.8. The van der Waals surface area contributed by atoms with Gasteiger partial charge < -0.3 is 4.74 Å². The topological polar surface area (TPSA) is 60.7 Å². The lowest BCUT2D eigenvalue weighted by Crippen LogP contribution is -1.96. The highest BCUT2D eigenvalue weighted by Gasteiger charge is 2.17. The van der Waals surface area contributed by atoms with Gasteiger partial charge >= 0.3 is 0 Å². The third-order valence-corrected chi connectivity index (χ3v) is 5.58. The van der Waals surface area contributed by atoms with Crippen LogP contribution in [-0.2, 0) is 9.84 Å². The molecule has 0 aliphatic carbocycles. The number of ether oxygens (including phenoxy) is 1. The predicted molar refractivity (Wildman–Crippen MR) is 106 cm³/mol. The Morgan fingerprint density at radius 3 is 2.41 bits per heavy atom. The van der Waals surface area contributed by atoms with E-state index in [1.807, 2.05) is 65.3 Å². The van der Waals surface area contributed by atoms with Crippen LogP contribution in [0.1, 0.15) is 0 Å². The van der Waals surface area contributed by atoms with Gasteiger partial charge in [0, 0.05) is 23.6 Å². The summed E-state index contributed by atoms with van der Waals surface area (Å²) in [6.45, 7) is 0. The Morgan fingerprint density at radius 1 is 0.926 bits per heavy atom. The number of rotatable bonds is 4. The van der Waals surface area contributed by atoms with E-state index in [0.29, 0.717) is 4.90 Å². The van der Waals surface area contributed by atoms with Crippen LogP contribution >= 0.6 is 0 Å². The first kappa shape index (κ1) is 17.3. The fraction of sp³-hybridized carbons (Fsp3) is 0.0952. The summed E-state index contributed by atoms with van der Waals surface area (Å²) in [7, 11) is -1.61. The van der Waals surface area contributed by atoms with Crippen LogP contribution in [-0.4, -0.2) is 31.4 Å². The highest BCUT2D eigenvalue weighted by molar-refractivity contribution is 7.90. The minimum absolute atomic E-state index is 0.297. The number of benzene rings is 2. The van der Waals surface area contributed by atoms with E-state index in [4.69, 9.17) is 9.84 Å². The molecule has 4 aromatic rings. The van der Waals surface area contributed by atoms with Gasteiger partial charge in [0.2, 0.25) is 0 Å². The maximum Gasteiger partial charge on any atom is 0.175 e. The Labute approximate surface area is 157 Å². The van der Waals surface area contributed by atoms with Crippen molar-refractivity contribution in [1.82, 2.24) is 9.61 Å². The minimum Gasteiger partial charge on any atom is -0.497 e. The van der Waals surface area contributed by atoms with Crippen LogP contribution in [0.15, 0.2) is 77.8 Å². The third-order valence-electron chi connectivity index (χ3n) is 4.45. The van der Waals surface area contributed by atoms with Crippen LogP contribution in [0.2, 0.25) is 0 Å². The van der Waals surface area contributed by atoms with Crippen LogP contribution in [0.5, 0.6) is 5.75 Å². The van der Waals surface area contributed by atoms with E-state index in [-0.39, 0.29) is 0 Å². The van der Waals surface area contributed by atoms with Crippen LogP contribution < -0.4 is 4.74 Å². The lowest BCUT2D eigenvalue weighted by Gasteiger charge is -2.07. The van der Waals surface area contributed by atoms with Gasteiger partial charge in [-0.05, 0) is 42.0 Å². The fourth-order valence-electron chi connectivity index (χ4n) is 3.12. The molecule has 27 heavy (non-hydrogen) atoms. The molecule has 0 saturated heterocycles. The summed E-state index contributed by atoms with van der Waals surface area (Å²) in [6.07, 6.45) is 3.10. The van der Waals surface area contributed by atoms with E-state index >= 15 is 0 Å². The average Bonchev–Trinajstić information content (AvgIpc) is 3.07. The van der Waals surface area contributed by atoms with Crippen molar-refractivity contribution in [2.24, 2.45) is 0 Å². The van der Waals surface area contributed by atoms with Crippen molar-refractivity contribution in [2.75, 3.05) is 13.4 Å². The zero-order valence-electron chi connectivity index (χ0n) is 15.0. The highest BCUT2D eigenvalue weighted by Crippen LogP contribution is 2.36. The van der Waals surface area contributed by atoms with Crippen molar-refractivity contribution in [1.29, 1.82) is 0 Å². The number of hydrogen-bond acceptors (Lipinski definition) is 4. The van der Waals surface area contributed by atoms with Gasteiger partial charge in [0.25, 0.3) is 0 Å². The second-order valence-corrected chi connectivity index (χ2v) is 8.30. The molecule has 2 aromatic carbocycles. The van der Waals surface area contributed by atoms with Crippen molar-refractivity contribution in [3.8, 4) is 28.1 Å². The molecular formula is C21H18N2O3S. The summed E-state index contributed by atoms with van der Waals surface area (Å²) in [5.74, 6) is 0.753. The lowest BCUT2D eigenvalue weighted by atomic mass is 9.99. The van der Waals surface area contributed by atoms with E-state index in [1.165, 1.54) is 6.26 Å². The van der Waals surface area contributed by atoms with E-state index in [1.54, 1.807) is 19.2 Å². The molecule has 6 heteroatoms. The summed E-state index contributed by atoms with van der Waals surface area (Å²) in [4.78, 5) is 0.297. The van der Waals surface area contributed by atoms with Crippen molar-refractivity contribution in [2.45, 2.75) is 4.90 Å². The van der Waals surface area contributed by atoms with Crippen LogP contribution in [0.4, 0.5) is 0 Å².